The molecule has 0 bridgehead atoms. The molecule has 1 aromatic rings. The van der Waals surface area contributed by atoms with Crippen molar-refractivity contribution in [2.45, 2.75) is 65.2 Å². The van der Waals surface area contributed by atoms with Gasteiger partial charge in [0, 0.05) is 13.0 Å². The summed E-state index contributed by atoms with van der Waals surface area (Å²) >= 11 is 0. The zero-order valence-electron chi connectivity index (χ0n) is 16.8. The molecule has 0 amide bonds. The minimum atomic E-state index is -0.728. The molecule has 0 aliphatic heterocycles. The Morgan fingerprint density at radius 2 is 1.41 bits per heavy atom. The molecule has 154 valence electrons. The summed E-state index contributed by atoms with van der Waals surface area (Å²) in [4.78, 5) is 0. The van der Waals surface area contributed by atoms with E-state index in [1.54, 1.807) is 6.92 Å². The Morgan fingerprint density at radius 1 is 0.852 bits per heavy atom. The van der Waals surface area contributed by atoms with Crippen molar-refractivity contribution >= 4 is 0 Å². The summed E-state index contributed by atoms with van der Waals surface area (Å²) in [6.07, 6.45) is 9.22. The van der Waals surface area contributed by atoms with Crippen molar-refractivity contribution < 1.29 is 23.0 Å². The first kappa shape index (κ1) is 23.6. The van der Waals surface area contributed by atoms with E-state index >= 15 is 0 Å². The summed E-state index contributed by atoms with van der Waals surface area (Å²) in [5.41, 5.74) is 0.503. The Kier molecular flexibility index (Phi) is 12.7. The maximum Gasteiger partial charge on any atom is 0.198 e. The fraction of sp³-hybridized carbons (Fsp3) is 0.636. The van der Waals surface area contributed by atoms with Gasteiger partial charge in [-0.25, -0.2) is 8.78 Å². The third kappa shape index (κ3) is 11.1. The Bertz CT molecular complexity index is 523. The average molecular weight is 385 g/mol. The average Bonchev–Trinajstić information content (AvgIpc) is 2.62. The van der Waals surface area contributed by atoms with Crippen molar-refractivity contribution in [3.05, 3.63) is 41.7 Å². The van der Waals surface area contributed by atoms with Crippen molar-refractivity contribution in [3.8, 4) is 5.75 Å². The lowest BCUT2D eigenvalue weighted by Crippen LogP contribution is -2.08. The van der Waals surface area contributed by atoms with Crippen LogP contribution in [0.3, 0.4) is 0 Å². The largest absolute Gasteiger partial charge is 0.456 e. The standard InChI is InChI=1S/C22H34F2O3/c1-4-5-6-7-8-9-10-12-25-14-15-26-13-11-19(3)27-22-20(23)16-18(2)17-21(22)24/h16-17H,3-15H2,1-2H3. The Hall–Kier alpha value is -1.46. The van der Waals surface area contributed by atoms with Crippen LogP contribution in [0.1, 0.15) is 63.9 Å². The monoisotopic (exact) mass is 384 g/mol. The van der Waals surface area contributed by atoms with E-state index in [1.165, 1.54) is 50.7 Å². The molecular formula is C22H34F2O3. The zero-order chi connectivity index (χ0) is 19.9. The van der Waals surface area contributed by atoms with Crippen molar-refractivity contribution in [1.82, 2.24) is 0 Å². The van der Waals surface area contributed by atoms with Gasteiger partial charge < -0.3 is 14.2 Å². The molecule has 0 radical (unpaired) electrons. The van der Waals surface area contributed by atoms with E-state index in [0.717, 1.165) is 13.0 Å². The number of benzene rings is 1. The predicted octanol–water partition coefficient (Wildman–Crippen LogP) is 6.34. The lowest BCUT2D eigenvalue weighted by molar-refractivity contribution is 0.0455. The molecule has 0 aliphatic rings. The molecule has 0 heterocycles. The summed E-state index contributed by atoms with van der Waals surface area (Å²) in [5, 5.41) is 0. The molecule has 0 spiro atoms. The topological polar surface area (TPSA) is 27.7 Å². The molecule has 0 atom stereocenters. The normalized spacial score (nSPS) is 11.0. The SMILES string of the molecule is C=C(CCOCCOCCCCCCCCC)Oc1c(F)cc(C)cc1F. The van der Waals surface area contributed by atoms with Crippen LogP contribution in [0, 0.1) is 18.6 Å². The van der Waals surface area contributed by atoms with Crippen molar-refractivity contribution in [2.75, 3.05) is 26.4 Å². The molecule has 1 rings (SSSR count). The smallest absolute Gasteiger partial charge is 0.198 e. The van der Waals surface area contributed by atoms with E-state index in [1.807, 2.05) is 0 Å². The van der Waals surface area contributed by atoms with E-state index in [-0.39, 0.29) is 5.76 Å². The second-order valence-corrected chi connectivity index (χ2v) is 6.79. The molecule has 0 saturated heterocycles. The second-order valence-electron chi connectivity index (χ2n) is 6.79. The third-order valence-corrected chi connectivity index (χ3v) is 4.18. The highest BCUT2D eigenvalue weighted by Gasteiger charge is 2.12. The number of rotatable bonds is 16. The molecule has 0 aromatic heterocycles. The van der Waals surface area contributed by atoms with Gasteiger partial charge >= 0.3 is 0 Å². The highest BCUT2D eigenvalue weighted by molar-refractivity contribution is 5.31. The van der Waals surface area contributed by atoms with Crippen LogP contribution in [0.25, 0.3) is 0 Å². The molecule has 3 nitrogen and oxygen atoms in total. The maximum atomic E-state index is 13.7. The first-order valence-corrected chi connectivity index (χ1v) is 10.0. The van der Waals surface area contributed by atoms with Crippen LogP contribution in [0.15, 0.2) is 24.5 Å². The van der Waals surface area contributed by atoms with Crippen LogP contribution in [0.5, 0.6) is 5.75 Å². The second kappa shape index (κ2) is 14.6. The number of unbranched alkanes of at least 4 members (excludes halogenated alkanes) is 6. The number of ether oxygens (including phenoxy) is 3. The summed E-state index contributed by atoms with van der Waals surface area (Å²) in [7, 11) is 0. The summed E-state index contributed by atoms with van der Waals surface area (Å²) in [6, 6.07) is 2.45. The molecule has 27 heavy (non-hydrogen) atoms. The first-order chi connectivity index (χ1) is 13.0. The van der Waals surface area contributed by atoms with Gasteiger partial charge in [0.1, 0.15) is 0 Å². The molecule has 0 N–H and O–H groups in total. The van der Waals surface area contributed by atoms with Gasteiger partial charge in [-0.2, -0.15) is 0 Å². The van der Waals surface area contributed by atoms with Crippen LogP contribution >= 0.6 is 0 Å². The number of hydrogen-bond acceptors (Lipinski definition) is 3. The van der Waals surface area contributed by atoms with Gasteiger partial charge in [-0.3, -0.25) is 0 Å². The predicted molar refractivity (Wildman–Crippen MR) is 105 cm³/mol. The molecular weight excluding hydrogens is 350 g/mol. The highest BCUT2D eigenvalue weighted by atomic mass is 19.1. The van der Waals surface area contributed by atoms with Gasteiger partial charge in [-0.15, -0.1) is 0 Å². The Labute approximate surface area is 162 Å². The quantitative estimate of drug-likeness (QED) is 0.246. The molecule has 0 fully saturated rings. The van der Waals surface area contributed by atoms with Gasteiger partial charge in [0.05, 0.1) is 25.6 Å². The number of halogens is 2. The van der Waals surface area contributed by atoms with Crippen LogP contribution in [0.2, 0.25) is 0 Å². The van der Waals surface area contributed by atoms with Crippen molar-refractivity contribution in [1.29, 1.82) is 0 Å². The first-order valence-electron chi connectivity index (χ1n) is 10.0. The lowest BCUT2D eigenvalue weighted by Gasteiger charge is -2.11. The van der Waals surface area contributed by atoms with E-state index < -0.39 is 17.4 Å². The number of aryl methyl sites for hydroxylation is 1. The van der Waals surface area contributed by atoms with E-state index in [9.17, 15) is 8.78 Å². The fourth-order valence-corrected chi connectivity index (χ4v) is 2.65. The van der Waals surface area contributed by atoms with Crippen LogP contribution in [-0.4, -0.2) is 26.4 Å². The van der Waals surface area contributed by atoms with E-state index in [0.29, 0.717) is 31.8 Å². The van der Waals surface area contributed by atoms with Gasteiger partial charge in [-0.05, 0) is 31.0 Å². The lowest BCUT2D eigenvalue weighted by atomic mass is 10.1. The maximum absolute atomic E-state index is 13.7. The zero-order valence-corrected chi connectivity index (χ0v) is 16.8. The van der Waals surface area contributed by atoms with Gasteiger partial charge in [0.2, 0.25) is 0 Å². The highest BCUT2D eigenvalue weighted by Crippen LogP contribution is 2.25. The van der Waals surface area contributed by atoms with Gasteiger partial charge in [0.15, 0.2) is 17.4 Å². The molecule has 0 aliphatic carbocycles. The molecule has 1 aromatic carbocycles. The fourth-order valence-electron chi connectivity index (χ4n) is 2.65. The van der Waals surface area contributed by atoms with Gasteiger partial charge in [-0.1, -0.05) is 52.0 Å². The van der Waals surface area contributed by atoms with Crippen LogP contribution in [0.4, 0.5) is 8.78 Å². The van der Waals surface area contributed by atoms with Crippen molar-refractivity contribution in [2.24, 2.45) is 0 Å². The number of hydrogen-bond donors (Lipinski definition) is 0. The summed E-state index contributed by atoms with van der Waals surface area (Å²) in [6.45, 7) is 9.69. The molecule has 5 heteroatoms. The van der Waals surface area contributed by atoms with Gasteiger partial charge in [0.25, 0.3) is 0 Å². The Balaban J connectivity index is 1.99. The minimum Gasteiger partial charge on any atom is -0.456 e. The van der Waals surface area contributed by atoms with Crippen LogP contribution in [-0.2, 0) is 9.47 Å². The molecule has 0 unspecified atom stereocenters. The summed E-state index contributed by atoms with van der Waals surface area (Å²) < 4.78 is 43.6. The van der Waals surface area contributed by atoms with Crippen LogP contribution < -0.4 is 4.74 Å². The molecule has 0 saturated carbocycles. The summed E-state index contributed by atoms with van der Waals surface area (Å²) in [5.74, 6) is -1.61. The van der Waals surface area contributed by atoms with Crippen molar-refractivity contribution in [3.63, 3.8) is 0 Å². The third-order valence-electron chi connectivity index (χ3n) is 4.18. The van der Waals surface area contributed by atoms with E-state index in [4.69, 9.17) is 14.2 Å². The Morgan fingerprint density at radius 3 is 2.04 bits per heavy atom. The van der Waals surface area contributed by atoms with E-state index in [2.05, 4.69) is 13.5 Å². The minimum absolute atomic E-state index is 0.264.